The molecular formula is C19H17FN6O4. The van der Waals surface area contributed by atoms with Crippen LogP contribution in [0.5, 0.6) is 5.75 Å². The van der Waals surface area contributed by atoms with Crippen LogP contribution < -0.4 is 20.9 Å². The highest BCUT2D eigenvalue weighted by Crippen LogP contribution is 2.28. The van der Waals surface area contributed by atoms with E-state index in [1.54, 1.807) is 31.4 Å². The van der Waals surface area contributed by atoms with Crippen LogP contribution in [-0.4, -0.2) is 27.9 Å². The van der Waals surface area contributed by atoms with Gasteiger partial charge in [0.25, 0.3) is 5.91 Å². The first-order valence-electron chi connectivity index (χ1n) is 8.66. The van der Waals surface area contributed by atoms with Crippen molar-refractivity contribution >= 4 is 23.2 Å². The number of carbonyl (C=O) groups excluding carboxylic acids is 1. The number of halogens is 1. The zero-order chi connectivity index (χ0) is 21.5. The Morgan fingerprint density at radius 1 is 1.10 bits per heavy atom. The fraction of sp³-hybridized carbons (Fsp3) is 0.105. The molecule has 10 nitrogen and oxygen atoms in total. The third kappa shape index (κ3) is 4.95. The van der Waals surface area contributed by atoms with Gasteiger partial charge in [0, 0.05) is 12.1 Å². The van der Waals surface area contributed by atoms with Gasteiger partial charge in [-0.3, -0.25) is 25.8 Å². The number of methoxy groups -OCH3 is 1. The molecule has 1 aromatic heterocycles. The molecule has 0 atom stereocenters. The molecule has 30 heavy (non-hydrogen) atoms. The molecule has 3 aromatic rings. The summed E-state index contributed by atoms with van der Waals surface area (Å²) < 4.78 is 18.1. The van der Waals surface area contributed by atoms with Crippen molar-refractivity contribution in [3.63, 3.8) is 0 Å². The highest BCUT2D eigenvalue weighted by atomic mass is 19.1. The number of hydrogen-bond donors (Lipinski definition) is 3. The third-order valence-electron chi connectivity index (χ3n) is 4.02. The van der Waals surface area contributed by atoms with Crippen molar-refractivity contribution in [2.24, 2.45) is 0 Å². The van der Waals surface area contributed by atoms with Gasteiger partial charge in [-0.1, -0.05) is 12.1 Å². The molecule has 3 N–H and O–H groups in total. The van der Waals surface area contributed by atoms with E-state index in [1.165, 1.54) is 12.1 Å². The largest absolute Gasteiger partial charge is 0.497 e. The lowest BCUT2D eigenvalue weighted by atomic mass is 10.2. The molecule has 0 fully saturated rings. The maximum absolute atomic E-state index is 13.0. The van der Waals surface area contributed by atoms with Crippen LogP contribution in [0.15, 0.2) is 54.9 Å². The van der Waals surface area contributed by atoms with E-state index in [0.717, 1.165) is 24.0 Å². The van der Waals surface area contributed by atoms with Crippen molar-refractivity contribution in [1.82, 2.24) is 15.4 Å². The predicted octanol–water partition coefficient (Wildman–Crippen LogP) is 2.90. The van der Waals surface area contributed by atoms with E-state index in [-0.39, 0.29) is 23.7 Å². The molecule has 0 aliphatic carbocycles. The van der Waals surface area contributed by atoms with Gasteiger partial charge in [0.1, 0.15) is 17.9 Å². The second kappa shape index (κ2) is 9.28. The molecule has 2 aromatic carbocycles. The molecule has 0 radical (unpaired) electrons. The Balaban J connectivity index is 1.72. The van der Waals surface area contributed by atoms with Crippen molar-refractivity contribution in [2.45, 2.75) is 6.54 Å². The first-order chi connectivity index (χ1) is 14.5. The first-order valence-corrected chi connectivity index (χ1v) is 8.66. The average molecular weight is 412 g/mol. The number of nitrogens with zero attached hydrogens (tertiary/aromatic N) is 3. The Labute approximate surface area is 170 Å². The molecule has 0 saturated carbocycles. The molecule has 11 heteroatoms. The van der Waals surface area contributed by atoms with Crippen LogP contribution in [0.1, 0.15) is 15.9 Å². The number of carbonyl (C=O) groups is 1. The van der Waals surface area contributed by atoms with Gasteiger partial charge in [-0.15, -0.1) is 0 Å². The number of aromatic nitrogens is 2. The van der Waals surface area contributed by atoms with Crippen molar-refractivity contribution in [3.8, 4) is 5.75 Å². The number of benzene rings is 2. The number of hydrazine groups is 1. The normalized spacial score (nSPS) is 10.2. The van der Waals surface area contributed by atoms with Gasteiger partial charge in [-0.25, -0.2) is 14.4 Å². The zero-order valence-corrected chi connectivity index (χ0v) is 15.8. The van der Waals surface area contributed by atoms with Crippen LogP contribution in [0.2, 0.25) is 0 Å². The van der Waals surface area contributed by atoms with Gasteiger partial charge < -0.3 is 10.1 Å². The Bertz CT molecular complexity index is 1040. The molecule has 0 aliphatic heterocycles. The Kier molecular flexibility index (Phi) is 6.33. The van der Waals surface area contributed by atoms with Gasteiger partial charge >= 0.3 is 5.69 Å². The predicted molar refractivity (Wildman–Crippen MR) is 106 cm³/mol. The molecule has 0 saturated heterocycles. The number of anilines is 2. The smallest absolute Gasteiger partial charge is 0.354 e. The van der Waals surface area contributed by atoms with Crippen molar-refractivity contribution < 1.29 is 18.8 Å². The molecule has 0 unspecified atom stereocenters. The minimum atomic E-state index is -0.664. The zero-order valence-electron chi connectivity index (χ0n) is 15.8. The highest BCUT2D eigenvalue weighted by Gasteiger charge is 2.23. The van der Waals surface area contributed by atoms with Crippen LogP contribution in [-0.2, 0) is 6.54 Å². The number of rotatable bonds is 8. The van der Waals surface area contributed by atoms with E-state index in [4.69, 9.17) is 4.74 Å². The number of nitrogens with one attached hydrogen (secondary N) is 3. The lowest BCUT2D eigenvalue weighted by molar-refractivity contribution is -0.383. The monoisotopic (exact) mass is 412 g/mol. The Morgan fingerprint density at radius 3 is 2.40 bits per heavy atom. The van der Waals surface area contributed by atoms with Crippen molar-refractivity contribution in [1.29, 1.82) is 0 Å². The average Bonchev–Trinajstić information content (AvgIpc) is 2.76. The molecule has 0 aliphatic rings. The summed E-state index contributed by atoms with van der Waals surface area (Å²) in [4.78, 5) is 30.8. The quantitative estimate of drug-likeness (QED) is 0.380. The van der Waals surface area contributed by atoms with E-state index in [9.17, 15) is 19.3 Å². The summed E-state index contributed by atoms with van der Waals surface area (Å²) in [5.41, 5.74) is 5.29. The van der Waals surface area contributed by atoms with Gasteiger partial charge in [0.15, 0.2) is 0 Å². The van der Waals surface area contributed by atoms with Crippen LogP contribution in [0.3, 0.4) is 0 Å². The second-order valence-corrected chi connectivity index (χ2v) is 5.96. The fourth-order valence-corrected chi connectivity index (χ4v) is 2.49. The van der Waals surface area contributed by atoms with E-state index >= 15 is 0 Å². The lowest BCUT2D eigenvalue weighted by Crippen LogP contribution is -2.30. The molecule has 3 rings (SSSR count). The van der Waals surface area contributed by atoms with Gasteiger partial charge in [-0.05, 0) is 42.0 Å². The maximum atomic E-state index is 13.0. The number of ether oxygens (including phenoxy) is 1. The molecule has 1 amide bonds. The van der Waals surface area contributed by atoms with Crippen LogP contribution in [0, 0.1) is 15.9 Å². The van der Waals surface area contributed by atoms with Crippen molar-refractivity contribution in [3.05, 3.63) is 81.9 Å². The number of nitro groups is 1. The van der Waals surface area contributed by atoms with E-state index in [0.29, 0.717) is 5.75 Å². The molecule has 154 valence electrons. The summed E-state index contributed by atoms with van der Waals surface area (Å²) in [7, 11) is 1.56. The number of amides is 1. The standard InChI is InChI=1S/C19H17FN6O4/c1-30-15-8-2-12(3-9-15)10-21-17-16(26(28)29)18(23-11-22-17)24-25-19(27)13-4-6-14(20)7-5-13/h2-9,11H,10H2,1H3,(H,25,27)(H2,21,22,23,24). The second-order valence-electron chi connectivity index (χ2n) is 5.96. The first kappa shape index (κ1) is 20.5. The topological polar surface area (TPSA) is 131 Å². The minimum absolute atomic E-state index is 0.0238. The Hall–Kier alpha value is -4.28. The number of hydrogen-bond acceptors (Lipinski definition) is 8. The summed E-state index contributed by atoms with van der Waals surface area (Å²) in [5, 5.41) is 14.5. The maximum Gasteiger partial charge on any atom is 0.354 e. The van der Waals surface area contributed by atoms with E-state index in [2.05, 4.69) is 26.1 Å². The highest BCUT2D eigenvalue weighted by molar-refractivity contribution is 5.95. The van der Waals surface area contributed by atoms with Crippen LogP contribution >= 0.6 is 0 Å². The molecular weight excluding hydrogens is 395 g/mol. The van der Waals surface area contributed by atoms with E-state index in [1.807, 2.05) is 0 Å². The summed E-state index contributed by atoms with van der Waals surface area (Å²) in [6.07, 6.45) is 1.12. The minimum Gasteiger partial charge on any atom is -0.497 e. The fourth-order valence-electron chi connectivity index (χ4n) is 2.49. The summed E-state index contributed by atoms with van der Waals surface area (Å²) in [5.74, 6) is -0.642. The lowest BCUT2D eigenvalue weighted by Gasteiger charge is -2.11. The summed E-state index contributed by atoms with van der Waals surface area (Å²) in [6, 6.07) is 12.0. The molecule has 1 heterocycles. The van der Waals surface area contributed by atoms with Gasteiger partial charge in [0.2, 0.25) is 11.6 Å². The molecule has 0 bridgehead atoms. The SMILES string of the molecule is COc1ccc(CNc2ncnc(NNC(=O)c3ccc(F)cc3)c2[N+](=O)[O-])cc1. The van der Waals surface area contributed by atoms with Gasteiger partial charge in [-0.2, -0.15) is 0 Å². The van der Waals surface area contributed by atoms with E-state index < -0.39 is 22.3 Å². The van der Waals surface area contributed by atoms with Crippen LogP contribution in [0.25, 0.3) is 0 Å². The summed E-state index contributed by atoms with van der Waals surface area (Å²) in [6.45, 7) is 0.267. The van der Waals surface area contributed by atoms with Crippen LogP contribution in [0.4, 0.5) is 21.7 Å². The van der Waals surface area contributed by atoms with Gasteiger partial charge in [0.05, 0.1) is 12.0 Å². The Morgan fingerprint density at radius 2 is 1.77 bits per heavy atom. The summed E-state index contributed by atoms with van der Waals surface area (Å²) >= 11 is 0. The third-order valence-corrected chi connectivity index (χ3v) is 4.02. The van der Waals surface area contributed by atoms with Crippen molar-refractivity contribution in [2.75, 3.05) is 17.9 Å². The molecule has 0 spiro atoms.